The number of hydrogen-bond acceptors (Lipinski definition) is 3. The molecule has 0 heterocycles. The third-order valence-corrected chi connectivity index (χ3v) is 4.42. The summed E-state index contributed by atoms with van der Waals surface area (Å²) in [7, 11) is -3.25. The molecule has 0 amide bonds. The Morgan fingerprint density at radius 3 is 2.58 bits per heavy atom. The van der Waals surface area contributed by atoms with Gasteiger partial charge in [-0.25, -0.2) is 8.42 Å². The number of rotatable bonds is 8. The van der Waals surface area contributed by atoms with E-state index in [9.17, 15) is 8.42 Å². The predicted molar refractivity (Wildman–Crippen MR) is 81.1 cm³/mol. The third kappa shape index (κ3) is 5.61. The normalized spacial score (nSPS) is 11.5. The molecule has 0 unspecified atom stereocenters. The van der Waals surface area contributed by atoms with E-state index in [1.807, 2.05) is 26.0 Å². The van der Waals surface area contributed by atoms with E-state index in [0.29, 0.717) is 12.1 Å². The summed E-state index contributed by atoms with van der Waals surface area (Å²) in [6.07, 6.45) is 1.69. The highest BCUT2D eigenvalue weighted by Gasteiger charge is 2.11. The van der Waals surface area contributed by atoms with E-state index in [1.165, 1.54) is 0 Å². The summed E-state index contributed by atoms with van der Waals surface area (Å²) >= 11 is 0. The maximum Gasteiger partial charge on any atom is 0.232 e. The molecule has 0 aromatic heterocycles. The van der Waals surface area contributed by atoms with Crippen LogP contribution in [0.1, 0.15) is 30.9 Å². The summed E-state index contributed by atoms with van der Waals surface area (Å²) in [4.78, 5) is 0. The number of hydrogen-bond donors (Lipinski definition) is 2. The maximum absolute atomic E-state index is 12.0. The van der Waals surface area contributed by atoms with Crippen LogP contribution in [0, 0.1) is 13.8 Å². The van der Waals surface area contributed by atoms with E-state index >= 15 is 0 Å². The average molecular weight is 284 g/mol. The Labute approximate surface area is 116 Å². The topological polar surface area (TPSA) is 58.2 Å². The number of sulfonamides is 1. The van der Waals surface area contributed by atoms with Crippen LogP contribution in [0.25, 0.3) is 0 Å². The number of nitrogens with one attached hydrogen (secondary N) is 2. The largest absolute Gasteiger partial charge is 0.317 e. The Morgan fingerprint density at radius 2 is 1.89 bits per heavy atom. The van der Waals surface area contributed by atoms with Crippen molar-refractivity contribution in [3.8, 4) is 0 Å². The molecule has 0 saturated heterocycles. The van der Waals surface area contributed by atoms with Gasteiger partial charge in [-0.1, -0.05) is 19.1 Å². The molecule has 0 bridgehead atoms. The molecule has 108 valence electrons. The molecule has 0 spiro atoms. The van der Waals surface area contributed by atoms with Crippen LogP contribution in [-0.4, -0.2) is 27.3 Å². The van der Waals surface area contributed by atoms with E-state index in [4.69, 9.17) is 0 Å². The van der Waals surface area contributed by atoms with Crippen LogP contribution in [0.15, 0.2) is 18.2 Å². The average Bonchev–Trinajstić information content (AvgIpc) is 2.34. The van der Waals surface area contributed by atoms with E-state index in [1.54, 1.807) is 6.07 Å². The van der Waals surface area contributed by atoms with Gasteiger partial charge in [0.15, 0.2) is 0 Å². The first-order valence-corrected chi connectivity index (χ1v) is 8.39. The molecule has 2 N–H and O–H groups in total. The summed E-state index contributed by atoms with van der Waals surface area (Å²) in [6.45, 7) is 7.66. The van der Waals surface area contributed by atoms with Crippen LogP contribution in [0.5, 0.6) is 0 Å². The van der Waals surface area contributed by atoms with Gasteiger partial charge in [0.1, 0.15) is 0 Å². The van der Waals surface area contributed by atoms with Crippen molar-refractivity contribution < 1.29 is 8.42 Å². The number of anilines is 1. The summed E-state index contributed by atoms with van der Waals surface area (Å²) in [6, 6.07) is 5.64. The lowest BCUT2D eigenvalue weighted by atomic mass is 10.1. The summed E-state index contributed by atoms with van der Waals surface area (Å²) in [5.74, 6) is 0.150. The molecule has 1 rings (SSSR count). The highest BCUT2D eigenvalue weighted by Crippen LogP contribution is 2.19. The molecule has 0 atom stereocenters. The molecule has 1 aromatic carbocycles. The van der Waals surface area contributed by atoms with Gasteiger partial charge in [0, 0.05) is 0 Å². The SMILES string of the molecule is CCCNCCCS(=O)(=O)Nc1cccc(C)c1C. The highest BCUT2D eigenvalue weighted by molar-refractivity contribution is 7.92. The molecule has 4 nitrogen and oxygen atoms in total. The van der Waals surface area contributed by atoms with Crippen LogP contribution in [0.3, 0.4) is 0 Å². The van der Waals surface area contributed by atoms with Crippen molar-refractivity contribution in [3.63, 3.8) is 0 Å². The van der Waals surface area contributed by atoms with Gasteiger partial charge in [-0.05, 0) is 57.0 Å². The minimum Gasteiger partial charge on any atom is -0.317 e. The quantitative estimate of drug-likeness (QED) is 0.721. The standard InChI is InChI=1S/C14H24N2O2S/c1-4-9-15-10-6-11-19(17,18)16-14-8-5-7-12(2)13(14)3/h5,7-8,15-16H,4,6,9-11H2,1-3H3. The summed E-state index contributed by atoms with van der Waals surface area (Å²) < 4.78 is 26.6. The molecule has 0 saturated carbocycles. The smallest absolute Gasteiger partial charge is 0.232 e. The Bertz CT molecular complexity index is 498. The third-order valence-electron chi connectivity index (χ3n) is 3.06. The second-order valence-electron chi connectivity index (χ2n) is 4.77. The van der Waals surface area contributed by atoms with Gasteiger partial charge >= 0.3 is 0 Å². The number of benzene rings is 1. The second kappa shape index (κ2) is 7.50. The van der Waals surface area contributed by atoms with Crippen LogP contribution < -0.4 is 10.0 Å². The van der Waals surface area contributed by atoms with E-state index < -0.39 is 10.0 Å². The predicted octanol–water partition coefficient (Wildman–Crippen LogP) is 2.43. The molecule has 0 aliphatic rings. The van der Waals surface area contributed by atoms with Gasteiger partial charge in [0.05, 0.1) is 11.4 Å². The van der Waals surface area contributed by atoms with Crippen LogP contribution in [-0.2, 0) is 10.0 Å². The van der Waals surface area contributed by atoms with E-state index in [-0.39, 0.29) is 5.75 Å². The lowest BCUT2D eigenvalue weighted by molar-refractivity contribution is 0.593. The highest BCUT2D eigenvalue weighted by atomic mass is 32.2. The Hall–Kier alpha value is -1.07. The molecule has 0 aliphatic heterocycles. The molecule has 5 heteroatoms. The Balaban J connectivity index is 2.52. The first-order valence-electron chi connectivity index (χ1n) is 6.73. The van der Waals surface area contributed by atoms with Gasteiger partial charge in [-0.3, -0.25) is 4.72 Å². The molecular formula is C14H24N2O2S. The minimum absolute atomic E-state index is 0.150. The monoisotopic (exact) mass is 284 g/mol. The van der Waals surface area contributed by atoms with Gasteiger partial charge in [-0.2, -0.15) is 0 Å². The van der Waals surface area contributed by atoms with Gasteiger partial charge in [0.25, 0.3) is 0 Å². The first-order chi connectivity index (χ1) is 8.96. The van der Waals surface area contributed by atoms with E-state index in [2.05, 4.69) is 17.0 Å². The lowest BCUT2D eigenvalue weighted by Gasteiger charge is -2.12. The fourth-order valence-electron chi connectivity index (χ4n) is 1.77. The molecular weight excluding hydrogens is 260 g/mol. The molecule has 0 radical (unpaired) electrons. The summed E-state index contributed by atoms with van der Waals surface area (Å²) in [5.41, 5.74) is 2.75. The zero-order valence-electron chi connectivity index (χ0n) is 12.0. The van der Waals surface area contributed by atoms with E-state index in [0.717, 1.165) is 30.6 Å². The van der Waals surface area contributed by atoms with Crippen molar-refractivity contribution >= 4 is 15.7 Å². The first kappa shape index (κ1) is 16.0. The fraction of sp³-hybridized carbons (Fsp3) is 0.571. The van der Waals surface area contributed by atoms with Crippen molar-refractivity contribution in [2.45, 2.75) is 33.6 Å². The van der Waals surface area contributed by atoms with Crippen molar-refractivity contribution in [3.05, 3.63) is 29.3 Å². The molecule has 1 aromatic rings. The van der Waals surface area contributed by atoms with Gasteiger partial charge in [0.2, 0.25) is 10.0 Å². The van der Waals surface area contributed by atoms with Gasteiger partial charge < -0.3 is 5.32 Å². The fourth-order valence-corrected chi connectivity index (χ4v) is 2.95. The van der Waals surface area contributed by atoms with Crippen LogP contribution in [0.4, 0.5) is 5.69 Å². The van der Waals surface area contributed by atoms with Crippen LogP contribution >= 0.6 is 0 Å². The molecule has 0 aliphatic carbocycles. The molecule has 0 fully saturated rings. The number of aryl methyl sites for hydroxylation is 1. The Morgan fingerprint density at radius 1 is 1.16 bits per heavy atom. The Kier molecular flexibility index (Phi) is 6.31. The minimum atomic E-state index is -3.25. The second-order valence-corrected chi connectivity index (χ2v) is 6.61. The van der Waals surface area contributed by atoms with Crippen molar-refractivity contribution in [1.29, 1.82) is 0 Å². The molecule has 19 heavy (non-hydrogen) atoms. The van der Waals surface area contributed by atoms with Gasteiger partial charge in [-0.15, -0.1) is 0 Å². The lowest BCUT2D eigenvalue weighted by Crippen LogP contribution is -2.22. The van der Waals surface area contributed by atoms with Crippen molar-refractivity contribution in [2.75, 3.05) is 23.6 Å². The zero-order valence-corrected chi connectivity index (χ0v) is 12.8. The maximum atomic E-state index is 12.0. The summed E-state index contributed by atoms with van der Waals surface area (Å²) in [5, 5.41) is 3.20. The van der Waals surface area contributed by atoms with Crippen molar-refractivity contribution in [2.24, 2.45) is 0 Å². The van der Waals surface area contributed by atoms with Crippen molar-refractivity contribution in [1.82, 2.24) is 5.32 Å². The zero-order chi connectivity index (χ0) is 14.3. The van der Waals surface area contributed by atoms with Crippen LogP contribution in [0.2, 0.25) is 0 Å².